The second kappa shape index (κ2) is 9.75. The normalized spacial score (nSPS) is 12.5. The Balaban J connectivity index is 2.28. The maximum absolute atomic E-state index is 12.7. The number of aryl methyl sites for hydroxylation is 1. The van der Waals surface area contributed by atoms with Crippen molar-refractivity contribution in [2.75, 3.05) is 12.0 Å². The predicted octanol–water partition coefficient (Wildman–Crippen LogP) is 4.62. The number of benzene rings is 1. The number of carbonyl (C=O) groups is 2. The number of esters is 1. The van der Waals surface area contributed by atoms with Crippen LogP contribution in [0.1, 0.15) is 38.3 Å². The number of halogens is 1. The van der Waals surface area contributed by atoms with Gasteiger partial charge in [-0.1, -0.05) is 11.6 Å². The summed E-state index contributed by atoms with van der Waals surface area (Å²) in [6.45, 7) is 8.65. The molecular formula is C21H26ClNO6S. The molecule has 1 aromatic carbocycles. The summed E-state index contributed by atoms with van der Waals surface area (Å²) >= 11 is 7.83. The van der Waals surface area contributed by atoms with Gasteiger partial charge in [0.25, 0.3) is 0 Å². The smallest absolute Gasteiger partial charge is 0.408 e. The molecule has 0 unspecified atom stereocenters. The van der Waals surface area contributed by atoms with Gasteiger partial charge in [0.15, 0.2) is 5.75 Å². The molecule has 2 aromatic rings. The molecule has 0 saturated heterocycles. The molecule has 0 radical (unpaired) electrons. The van der Waals surface area contributed by atoms with Gasteiger partial charge < -0.3 is 19.2 Å². The molecule has 2 rings (SSSR count). The number of ether oxygens (including phenoxy) is 2. The van der Waals surface area contributed by atoms with Gasteiger partial charge in [0.2, 0.25) is 0 Å². The van der Waals surface area contributed by atoms with Gasteiger partial charge in [-0.2, -0.15) is 11.8 Å². The maximum Gasteiger partial charge on any atom is 0.408 e. The summed E-state index contributed by atoms with van der Waals surface area (Å²) in [5.41, 5.74) is 0.320. The van der Waals surface area contributed by atoms with E-state index in [9.17, 15) is 14.4 Å². The van der Waals surface area contributed by atoms with Crippen LogP contribution < -0.4 is 15.7 Å². The number of hydrogen-bond acceptors (Lipinski definition) is 7. The first-order chi connectivity index (χ1) is 13.9. The van der Waals surface area contributed by atoms with Crippen molar-refractivity contribution in [1.29, 1.82) is 0 Å². The Morgan fingerprint density at radius 1 is 1.23 bits per heavy atom. The zero-order chi connectivity index (χ0) is 22.6. The molecule has 30 heavy (non-hydrogen) atoms. The molecule has 0 spiro atoms. The summed E-state index contributed by atoms with van der Waals surface area (Å²) in [5.74, 6) is -0.0305. The SMILES string of the molecule is CSCC[C@H](NC(=O)OC(C)(C)C)C(=O)Oc1cc2oc(=O)c(C)c(C)c2cc1Cl. The van der Waals surface area contributed by atoms with E-state index in [-0.39, 0.29) is 16.4 Å². The molecule has 0 fully saturated rings. The molecule has 1 atom stereocenters. The Kier molecular flexibility index (Phi) is 7.82. The van der Waals surface area contributed by atoms with Crippen LogP contribution in [0.2, 0.25) is 5.02 Å². The fourth-order valence-electron chi connectivity index (χ4n) is 2.64. The van der Waals surface area contributed by atoms with Crippen molar-refractivity contribution >= 4 is 46.4 Å². The summed E-state index contributed by atoms with van der Waals surface area (Å²) in [5, 5.41) is 3.39. The summed E-state index contributed by atoms with van der Waals surface area (Å²) in [6, 6.07) is 2.07. The molecule has 0 bridgehead atoms. The summed E-state index contributed by atoms with van der Waals surface area (Å²) in [4.78, 5) is 36.8. The quantitative estimate of drug-likeness (QED) is 0.386. The molecule has 1 aromatic heterocycles. The van der Waals surface area contributed by atoms with E-state index < -0.39 is 29.3 Å². The van der Waals surface area contributed by atoms with Crippen molar-refractivity contribution in [2.45, 2.75) is 52.7 Å². The molecule has 164 valence electrons. The average Bonchev–Trinajstić information content (AvgIpc) is 2.63. The van der Waals surface area contributed by atoms with Crippen LogP contribution >= 0.6 is 23.4 Å². The monoisotopic (exact) mass is 455 g/mol. The van der Waals surface area contributed by atoms with Gasteiger partial charge >= 0.3 is 17.7 Å². The number of nitrogens with one attached hydrogen (secondary N) is 1. The average molecular weight is 456 g/mol. The molecule has 0 aliphatic rings. The molecule has 9 heteroatoms. The van der Waals surface area contributed by atoms with E-state index in [0.29, 0.717) is 23.1 Å². The Bertz CT molecular complexity index is 1010. The summed E-state index contributed by atoms with van der Waals surface area (Å²) in [7, 11) is 0. The first kappa shape index (κ1) is 24.1. The topological polar surface area (TPSA) is 94.8 Å². The van der Waals surface area contributed by atoms with Crippen molar-refractivity contribution in [1.82, 2.24) is 5.32 Å². The van der Waals surface area contributed by atoms with Crippen LogP contribution in [0.5, 0.6) is 5.75 Å². The highest BCUT2D eigenvalue weighted by Crippen LogP contribution is 2.32. The minimum absolute atomic E-state index is 0.0423. The predicted molar refractivity (Wildman–Crippen MR) is 119 cm³/mol. The summed E-state index contributed by atoms with van der Waals surface area (Å²) < 4.78 is 16.0. The molecular weight excluding hydrogens is 430 g/mol. The third kappa shape index (κ3) is 6.15. The van der Waals surface area contributed by atoms with Crippen LogP contribution in [0.25, 0.3) is 11.0 Å². The molecule has 0 saturated carbocycles. The highest BCUT2D eigenvalue weighted by molar-refractivity contribution is 7.98. The molecule has 0 aliphatic heterocycles. The summed E-state index contributed by atoms with van der Waals surface area (Å²) in [6.07, 6.45) is 1.52. The number of rotatable bonds is 6. The van der Waals surface area contributed by atoms with Crippen LogP contribution in [0.3, 0.4) is 0 Å². The lowest BCUT2D eigenvalue weighted by atomic mass is 10.1. The second-order valence-corrected chi connectivity index (χ2v) is 9.21. The lowest BCUT2D eigenvalue weighted by Crippen LogP contribution is -2.45. The Morgan fingerprint density at radius 3 is 2.50 bits per heavy atom. The van der Waals surface area contributed by atoms with Crippen LogP contribution in [0, 0.1) is 13.8 Å². The Morgan fingerprint density at radius 2 is 1.90 bits per heavy atom. The third-order valence-corrected chi connectivity index (χ3v) is 5.25. The van der Waals surface area contributed by atoms with E-state index in [2.05, 4.69) is 5.32 Å². The minimum atomic E-state index is -0.925. The van der Waals surface area contributed by atoms with Crippen molar-refractivity contribution in [3.05, 3.63) is 38.7 Å². The van der Waals surface area contributed by atoms with E-state index in [4.69, 9.17) is 25.5 Å². The first-order valence-corrected chi connectivity index (χ1v) is 11.1. The fraction of sp³-hybridized carbons (Fsp3) is 0.476. The van der Waals surface area contributed by atoms with Gasteiger partial charge in [0.1, 0.15) is 17.2 Å². The largest absolute Gasteiger partial charge is 0.444 e. The van der Waals surface area contributed by atoms with Gasteiger partial charge in [0, 0.05) is 17.0 Å². The van der Waals surface area contributed by atoms with Gasteiger partial charge in [-0.05, 0) is 64.7 Å². The van der Waals surface area contributed by atoms with Crippen molar-refractivity contribution in [3.8, 4) is 5.75 Å². The van der Waals surface area contributed by atoms with Crippen molar-refractivity contribution in [3.63, 3.8) is 0 Å². The fourth-order valence-corrected chi connectivity index (χ4v) is 3.31. The molecule has 1 heterocycles. The standard InChI is InChI=1S/C21H26ClNO6S/c1-11-12(2)18(24)27-16-10-17(14(22)9-13(11)16)28-19(25)15(7-8-30-6)23-20(26)29-21(3,4)5/h9-10,15H,7-8H2,1-6H3,(H,23,26)/t15-/m0/s1. The zero-order valence-electron chi connectivity index (χ0n) is 17.9. The second-order valence-electron chi connectivity index (χ2n) is 7.82. The lowest BCUT2D eigenvalue weighted by Gasteiger charge is -2.23. The van der Waals surface area contributed by atoms with Crippen LogP contribution in [0.15, 0.2) is 21.3 Å². The van der Waals surface area contributed by atoms with E-state index in [1.54, 1.807) is 40.7 Å². The number of hydrogen-bond donors (Lipinski definition) is 1. The molecule has 0 aliphatic carbocycles. The van der Waals surface area contributed by atoms with E-state index in [1.807, 2.05) is 6.26 Å². The number of amides is 1. The van der Waals surface area contributed by atoms with Crippen molar-refractivity contribution < 1.29 is 23.5 Å². The minimum Gasteiger partial charge on any atom is -0.444 e. The number of alkyl carbamates (subject to hydrolysis) is 1. The van der Waals surface area contributed by atoms with E-state index in [1.165, 1.54) is 17.8 Å². The zero-order valence-corrected chi connectivity index (χ0v) is 19.5. The van der Waals surface area contributed by atoms with Crippen LogP contribution in [0.4, 0.5) is 4.79 Å². The number of fused-ring (bicyclic) bond motifs is 1. The maximum atomic E-state index is 12.7. The van der Waals surface area contributed by atoms with Gasteiger partial charge in [-0.3, -0.25) is 0 Å². The van der Waals surface area contributed by atoms with E-state index in [0.717, 1.165) is 5.56 Å². The number of thioether (sulfide) groups is 1. The van der Waals surface area contributed by atoms with Crippen LogP contribution in [-0.4, -0.2) is 35.7 Å². The first-order valence-electron chi connectivity index (χ1n) is 9.36. The Hall–Kier alpha value is -2.19. The Labute approximate surface area is 184 Å². The molecule has 7 nitrogen and oxygen atoms in total. The number of carbonyl (C=O) groups excluding carboxylic acids is 2. The van der Waals surface area contributed by atoms with Gasteiger partial charge in [-0.25, -0.2) is 14.4 Å². The lowest BCUT2D eigenvalue weighted by molar-refractivity contribution is -0.136. The van der Waals surface area contributed by atoms with Crippen LogP contribution in [-0.2, 0) is 9.53 Å². The molecule has 1 N–H and O–H groups in total. The molecule has 1 amide bonds. The third-order valence-electron chi connectivity index (χ3n) is 4.31. The van der Waals surface area contributed by atoms with Gasteiger partial charge in [0.05, 0.1) is 5.02 Å². The highest BCUT2D eigenvalue weighted by Gasteiger charge is 2.26. The van der Waals surface area contributed by atoms with E-state index >= 15 is 0 Å². The highest BCUT2D eigenvalue weighted by atomic mass is 35.5. The van der Waals surface area contributed by atoms with Gasteiger partial charge in [-0.15, -0.1) is 0 Å². The van der Waals surface area contributed by atoms with Crippen molar-refractivity contribution in [2.24, 2.45) is 0 Å².